The molecule has 0 N–H and O–H groups in total. The Morgan fingerprint density at radius 2 is 2.18 bits per heavy atom. The molecule has 0 aromatic carbocycles. The minimum Gasteiger partial charge on any atom is -0.248 e. The average Bonchev–Trinajstić information content (AvgIpc) is 1.86. The van der Waals surface area contributed by atoms with Crippen LogP contribution in [-0.2, 0) is 18.8 Å². The summed E-state index contributed by atoms with van der Waals surface area (Å²) in [5.41, 5.74) is 0. The zero-order chi connectivity index (χ0) is 8.91. The van der Waals surface area contributed by atoms with Crippen LogP contribution in [0.15, 0.2) is 0 Å². The quantitative estimate of drug-likeness (QED) is 0.616. The van der Waals surface area contributed by atoms with Gasteiger partial charge < -0.3 is 0 Å². The molecule has 0 bridgehead atoms. The first-order valence-electron chi connectivity index (χ1n) is 2.99. The Bertz CT molecular complexity index is 240. The predicted molar refractivity (Wildman–Crippen MR) is 36.7 cm³/mol. The third-order valence-electron chi connectivity index (χ3n) is 0.706. The summed E-state index contributed by atoms with van der Waals surface area (Å²) in [6.07, 6.45) is -1.01. The van der Waals surface area contributed by atoms with Crippen LogP contribution in [0.2, 0.25) is 0 Å². The number of nitrogens with zero attached hydrogens (tertiary/aromatic N) is 1. The first-order valence-corrected chi connectivity index (χ1v) is 4.32. The standard InChI is InChI=1S/C5H9NO4S/c1-3-9-11(7,8)10-5(2)4-6/h5H,3H2,1-2H3. The van der Waals surface area contributed by atoms with E-state index >= 15 is 0 Å². The second-order valence-corrected chi connectivity index (χ2v) is 2.93. The zero-order valence-corrected chi connectivity index (χ0v) is 7.09. The van der Waals surface area contributed by atoms with E-state index in [2.05, 4.69) is 8.37 Å². The molecule has 0 fully saturated rings. The molecule has 0 saturated carbocycles. The molecule has 1 atom stereocenters. The highest BCUT2D eigenvalue weighted by molar-refractivity contribution is 7.81. The van der Waals surface area contributed by atoms with Crippen molar-refractivity contribution in [1.29, 1.82) is 5.26 Å². The number of rotatable bonds is 4. The van der Waals surface area contributed by atoms with E-state index < -0.39 is 16.5 Å². The molecule has 0 rings (SSSR count). The van der Waals surface area contributed by atoms with Crippen LogP contribution in [0.4, 0.5) is 0 Å². The normalized spacial score (nSPS) is 13.9. The van der Waals surface area contributed by atoms with Crippen LogP contribution < -0.4 is 0 Å². The molecular weight excluding hydrogens is 170 g/mol. The largest absolute Gasteiger partial charge is 0.401 e. The van der Waals surface area contributed by atoms with E-state index in [1.165, 1.54) is 13.8 Å². The molecule has 0 aromatic heterocycles. The molecule has 64 valence electrons. The van der Waals surface area contributed by atoms with Crippen LogP contribution in [-0.4, -0.2) is 21.1 Å². The Labute approximate surface area is 65.9 Å². The predicted octanol–water partition coefficient (Wildman–Crippen LogP) is 0.196. The van der Waals surface area contributed by atoms with Crippen molar-refractivity contribution >= 4 is 10.4 Å². The molecule has 1 unspecified atom stereocenters. The summed E-state index contributed by atoms with van der Waals surface area (Å²) in [6, 6.07) is 1.60. The topological polar surface area (TPSA) is 76.4 Å². The van der Waals surface area contributed by atoms with Crippen molar-refractivity contribution in [1.82, 2.24) is 0 Å². The molecule has 0 amide bonds. The van der Waals surface area contributed by atoms with Gasteiger partial charge in [0.15, 0.2) is 6.10 Å². The third-order valence-corrected chi connectivity index (χ3v) is 1.75. The minimum atomic E-state index is -3.97. The Balaban J connectivity index is 4.05. The zero-order valence-electron chi connectivity index (χ0n) is 6.27. The number of nitriles is 1. The van der Waals surface area contributed by atoms with Gasteiger partial charge >= 0.3 is 10.4 Å². The molecule has 0 radical (unpaired) electrons. The molecule has 0 saturated heterocycles. The molecule has 0 aliphatic heterocycles. The first kappa shape index (κ1) is 10.4. The van der Waals surface area contributed by atoms with E-state index in [0.29, 0.717) is 0 Å². The molecule has 5 nitrogen and oxygen atoms in total. The Morgan fingerprint density at radius 1 is 1.64 bits per heavy atom. The van der Waals surface area contributed by atoms with E-state index in [0.717, 1.165) is 0 Å². The highest BCUT2D eigenvalue weighted by atomic mass is 32.3. The number of hydrogen-bond acceptors (Lipinski definition) is 5. The second kappa shape index (κ2) is 4.28. The minimum absolute atomic E-state index is 0.000478. The smallest absolute Gasteiger partial charge is 0.248 e. The monoisotopic (exact) mass is 179 g/mol. The van der Waals surface area contributed by atoms with Crippen molar-refractivity contribution in [2.75, 3.05) is 6.61 Å². The van der Waals surface area contributed by atoms with Gasteiger partial charge in [-0.2, -0.15) is 13.7 Å². The van der Waals surface area contributed by atoms with Crippen LogP contribution in [0.25, 0.3) is 0 Å². The van der Waals surface area contributed by atoms with Gasteiger partial charge in [-0.05, 0) is 13.8 Å². The third kappa shape index (κ3) is 4.72. The van der Waals surface area contributed by atoms with Crippen molar-refractivity contribution < 1.29 is 16.8 Å². The van der Waals surface area contributed by atoms with Gasteiger partial charge in [-0.1, -0.05) is 0 Å². The fourth-order valence-electron chi connectivity index (χ4n) is 0.370. The van der Waals surface area contributed by atoms with Crippen LogP contribution >= 0.6 is 0 Å². The maximum atomic E-state index is 10.6. The van der Waals surface area contributed by atoms with E-state index in [-0.39, 0.29) is 6.61 Å². The molecular formula is C5H9NO4S. The van der Waals surface area contributed by atoms with Crippen LogP contribution in [0.5, 0.6) is 0 Å². The summed E-state index contributed by atoms with van der Waals surface area (Å²) in [6.45, 7) is 2.83. The van der Waals surface area contributed by atoms with Gasteiger partial charge in [-0.3, -0.25) is 0 Å². The van der Waals surface area contributed by atoms with Crippen molar-refractivity contribution in [3.8, 4) is 6.07 Å². The lowest BCUT2D eigenvalue weighted by Crippen LogP contribution is -2.15. The van der Waals surface area contributed by atoms with Gasteiger partial charge in [-0.15, -0.1) is 0 Å². The maximum absolute atomic E-state index is 10.6. The van der Waals surface area contributed by atoms with Gasteiger partial charge in [0.05, 0.1) is 12.7 Å². The lowest BCUT2D eigenvalue weighted by atomic mass is 10.5. The summed E-state index contributed by atoms with van der Waals surface area (Å²) >= 11 is 0. The summed E-state index contributed by atoms with van der Waals surface area (Å²) in [4.78, 5) is 0. The van der Waals surface area contributed by atoms with Gasteiger partial charge in [-0.25, -0.2) is 8.37 Å². The molecule has 0 aliphatic rings. The summed E-state index contributed by atoms with van der Waals surface area (Å²) in [7, 11) is -3.97. The lowest BCUT2D eigenvalue weighted by molar-refractivity contribution is 0.202. The molecule has 11 heavy (non-hydrogen) atoms. The SMILES string of the molecule is CCOS(=O)(=O)OC(C)C#N. The Hall–Kier alpha value is -0.640. The lowest BCUT2D eigenvalue weighted by Gasteiger charge is -2.03. The van der Waals surface area contributed by atoms with Gasteiger partial charge in [0.25, 0.3) is 0 Å². The van der Waals surface area contributed by atoms with Crippen molar-refractivity contribution in [2.45, 2.75) is 20.0 Å². The van der Waals surface area contributed by atoms with Crippen LogP contribution in [0.3, 0.4) is 0 Å². The van der Waals surface area contributed by atoms with E-state index in [1.807, 2.05) is 0 Å². The van der Waals surface area contributed by atoms with E-state index in [9.17, 15) is 8.42 Å². The average molecular weight is 179 g/mol. The first-order chi connectivity index (χ1) is 5.02. The Morgan fingerprint density at radius 3 is 2.55 bits per heavy atom. The molecule has 0 aromatic rings. The van der Waals surface area contributed by atoms with E-state index in [1.54, 1.807) is 6.07 Å². The van der Waals surface area contributed by atoms with Crippen molar-refractivity contribution in [3.63, 3.8) is 0 Å². The molecule has 0 spiro atoms. The number of hydrogen-bond donors (Lipinski definition) is 0. The van der Waals surface area contributed by atoms with Gasteiger partial charge in [0.2, 0.25) is 0 Å². The second-order valence-electron chi connectivity index (χ2n) is 1.68. The van der Waals surface area contributed by atoms with E-state index in [4.69, 9.17) is 5.26 Å². The fraction of sp³-hybridized carbons (Fsp3) is 0.800. The van der Waals surface area contributed by atoms with Crippen LogP contribution in [0.1, 0.15) is 13.8 Å². The molecule has 0 heterocycles. The van der Waals surface area contributed by atoms with Crippen LogP contribution in [0, 0.1) is 11.3 Å². The fourth-order valence-corrected chi connectivity index (χ4v) is 1.11. The molecule has 6 heteroatoms. The molecule has 0 aliphatic carbocycles. The summed E-state index contributed by atoms with van der Waals surface area (Å²) in [5, 5.41) is 8.17. The summed E-state index contributed by atoms with van der Waals surface area (Å²) < 4.78 is 29.6. The maximum Gasteiger partial charge on any atom is 0.401 e. The van der Waals surface area contributed by atoms with Gasteiger partial charge in [0, 0.05) is 0 Å². The highest BCUT2D eigenvalue weighted by Gasteiger charge is 2.14. The Kier molecular flexibility index (Phi) is 4.03. The van der Waals surface area contributed by atoms with Crippen molar-refractivity contribution in [3.05, 3.63) is 0 Å². The summed E-state index contributed by atoms with van der Waals surface area (Å²) in [5.74, 6) is 0. The highest BCUT2D eigenvalue weighted by Crippen LogP contribution is 1.99. The van der Waals surface area contributed by atoms with Crippen molar-refractivity contribution in [2.24, 2.45) is 0 Å². The van der Waals surface area contributed by atoms with Gasteiger partial charge in [0.1, 0.15) is 0 Å².